The summed E-state index contributed by atoms with van der Waals surface area (Å²) >= 11 is 0. The second kappa shape index (κ2) is 10.6. The molecule has 5 rings (SSSR count). The van der Waals surface area contributed by atoms with Gasteiger partial charge in [0.05, 0.1) is 19.3 Å². The molecule has 0 saturated heterocycles. The number of methoxy groups -OCH3 is 1. The third-order valence-electron chi connectivity index (χ3n) is 6.01. The minimum absolute atomic E-state index is 0.0747. The highest BCUT2D eigenvalue weighted by atomic mass is 19.1. The molecule has 1 amide bonds. The fourth-order valence-electron chi connectivity index (χ4n) is 4.18. The van der Waals surface area contributed by atoms with Gasteiger partial charge in [-0.25, -0.2) is 19.2 Å². The monoisotopic (exact) mass is 533 g/mol. The van der Waals surface area contributed by atoms with Crippen molar-refractivity contribution < 1.29 is 18.7 Å². The molecule has 1 aliphatic heterocycles. The molecule has 1 atom stereocenters. The number of H-pyrrole nitrogens is 1. The highest BCUT2D eigenvalue weighted by Crippen LogP contribution is 2.43. The first-order valence-electron chi connectivity index (χ1n) is 11.8. The van der Waals surface area contributed by atoms with Crippen molar-refractivity contribution in [3.63, 3.8) is 0 Å². The molecule has 0 aliphatic carbocycles. The van der Waals surface area contributed by atoms with Gasteiger partial charge >= 0.3 is 5.69 Å². The van der Waals surface area contributed by atoms with Crippen molar-refractivity contribution in [2.24, 2.45) is 5.73 Å². The summed E-state index contributed by atoms with van der Waals surface area (Å²) in [6, 6.07) is 10.9. The van der Waals surface area contributed by atoms with Crippen LogP contribution >= 0.6 is 0 Å². The summed E-state index contributed by atoms with van der Waals surface area (Å²) in [7, 11) is 1.45. The predicted octanol–water partition coefficient (Wildman–Crippen LogP) is 1.54. The van der Waals surface area contributed by atoms with Gasteiger partial charge in [-0.2, -0.15) is 0 Å². The number of aromatic amines is 1. The Morgan fingerprint density at radius 1 is 1.26 bits per heavy atom. The Labute approximate surface area is 220 Å². The highest BCUT2D eigenvalue weighted by molar-refractivity contribution is 5.99. The van der Waals surface area contributed by atoms with E-state index in [1.807, 2.05) is 0 Å². The Kier molecular flexibility index (Phi) is 6.91. The average molecular weight is 534 g/mol. The van der Waals surface area contributed by atoms with Crippen LogP contribution in [0, 0.1) is 5.41 Å². The van der Waals surface area contributed by atoms with E-state index in [1.54, 1.807) is 42.5 Å². The van der Waals surface area contributed by atoms with Gasteiger partial charge in [0.15, 0.2) is 23.9 Å². The van der Waals surface area contributed by atoms with Crippen LogP contribution < -0.4 is 31.1 Å². The number of halogens is 1. The molecule has 0 spiro atoms. The van der Waals surface area contributed by atoms with Crippen molar-refractivity contribution in [2.45, 2.75) is 6.04 Å². The van der Waals surface area contributed by atoms with Crippen molar-refractivity contribution in [1.82, 2.24) is 24.7 Å². The van der Waals surface area contributed by atoms with Gasteiger partial charge in [-0.15, -0.1) is 9.78 Å². The molecule has 200 valence electrons. The fourth-order valence-corrected chi connectivity index (χ4v) is 4.18. The van der Waals surface area contributed by atoms with Crippen molar-refractivity contribution in [3.8, 4) is 17.4 Å². The van der Waals surface area contributed by atoms with Crippen LogP contribution in [0.25, 0.3) is 5.95 Å². The van der Waals surface area contributed by atoms with E-state index in [1.165, 1.54) is 24.4 Å². The largest absolute Gasteiger partial charge is 0.493 e. The van der Waals surface area contributed by atoms with Crippen molar-refractivity contribution in [1.29, 1.82) is 5.41 Å². The van der Waals surface area contributed by atoms with Crippen LogP contribution in [0.4, 0.5) is 15.8 Å². The minimum atomic E-state index is -0.797. The number of hydrogen-bond acceptors (Lipinski definition) is 9. The number of rotatable bonds is 9. The van der Waals surface area contributed by atoms with E-state index < -0.39 is 24.3 Å². The van der Waals surface area contributed by atoms with E-state index in [9.17, 15) is 14.0 Å². The molecule has 0 bridgehead atoms. The number of carbonyl (C=O) groups is 1. The molecule has 13 nitrogen and oxygen atoms in total. The van der Waals surface area contributed by atoms with E-state index >= 15 is 0 Å². The van der Waals surface area contributed by atoms with Crippen LogP contribution in [0.5, 0.6) is 11.5 Å². The van der Waals surface area contributed by atoms with Gasteiger partial charge in [0.2, 0.25) is 0 Å². The van der Waals surface area contributed by atoms with Gasteiger partial charge in [-0.3, -0.25) is 15.2 Å². The van der Waals surface area contributed by atoms with Crippen LogP contribution in [0.2, 0.25) is 0 Å². The van der Waals surface area contributed by atoms with Gasteiger partial charge in [0.25, 0.3) is 11.9 Å². The third-order valence-corrected chi connectivity index (χ3v) is 6.01. The van der Waals surface area contributed by atoms with E-state index in [0.717, 1.165) is 4.68 Å². The molecule has 2 aromatic heterocycles. The second-order valence-electron chi connectivity index (χ2n) is 8.44. The van der Waals surface area contributed by atoms with E-state index in [0.29, 0.717) is 34.0 Å². The zero-order valence-electron chi connectivity index (χ0n) is 20.7. The van der Waals surface area contributed by atoms with Crippen LogP contribution in [0.1, 0.15) is 23.0 Å². The Hall–Kier alpha value is -5.27. The Bertz CT molecular complexity index is 1570. The zero-order valence-corrected chi connectivity index (χ0v) is 20.7. The maximum absolute atomic E-state index is 13.4. The Morgan fingerprint density at radius 3 is 2.67 bits per heavy atom. The van der Waals surface area contributed by atoms with Crippen LogP contribution in [0.15, 0.2) is 59.7 Å². The summed E-state index contributed by atoms with van der Waals surface area (Å²) < 4.78 is 25.6. The molecular formula is C25H24FN9O4. The van der Waals surface area contributed by atoms with Crippen molar-refractivity contribution in [2.75, 3.05) is 37.2 Å². The summed E-state index contributed by atoms with van der Waals surface area (Å²) in [4.78, 5) is 37.6. The SMILES string of the molecule is COc1cc([C@H](Nc2ccc(C(=N)N)cc2)c2nn(-c3ncccn3)c(=O)[nH]2)cc2c1OCC(=O)N2CCF. The normalized spacial score (nSPS) is 13.4. The molecule has 39 heavy (non-hydrogen) atoms. The number of alkyl halides is 1. The number of amides is 1. The van der Waals surface area contributed by atoms with E-state index in [4.69, 9.17) is 20.6 Å². The average Bonchev–Trinajstić information content (AvgIpc) is 3.34. The lowest BCUT2D eigenvalue weighted by Gasteiger charge is -2.31. The van der Waals surface area contributed by atoms with Crippen molar-refractivity contribution in [3.05, 3.63) is 82.3 Å². The maximum atomic E-state index is 13.4. The first-order valence-corrected chi connectivity index (χ1v) is 11.8. The van der Waals surface area contributed by atoms with Gasteiger partial charge in [-0.1, -0.05) is 0 Å². The van der Waals surface area contributed by atoms with Gasteiger partial charge < -0.3 is 25.4 Å². The molecular weight excluding hydrogens is 509 g/mol. The number of carbonyl (C=O) groups excluding carboxylic acids is 1. The summed E-state index contributed by atoms with van der Waals surface area (Å²) in [6.07, 6.45) is 2.97. The zero-order chi connectivity index (χ0) is 27.5. The van der Waals surface area contributed by atoms with E-state index in [-0.39, 0.29) is 30.8 Å². The molecule has 4 aromatic rings. The Balaban J connectivity index is 1.64. The number of benzene rings is 2. The number of ether oxygens (including phenoxy) is 2. The van der Waals surface area contributed by atoms with Crippen LogP contribution in [-0.4, -0.2) is 63.4 Å². The predicted molar refractivity (Wildman–Crippen MR) is 140 cm³/mol. The number of nitrogen functional groups attached to an aromatic ring is 1. The van der Waals surface area contributed by atoms with E-state index in [2.05, 4.69) is 25.4 Å². The highest BCUT2D eigenvalue weighted by Gasteiger charge is 2.31. The van der Waals surface area contributed by atoms with Gasteiger partial charge in [0, 0.05) is 23.6 Å². The molecule has 3 heterocycles. The molecule has 5 N–H and O–H groups in total. The minimum Gasteiger partial charge on any atom is -0.493 e. The number of nitrogens with one attached hydrogen (secondary N) is 3. The van der Waals surface area contributed by atoms with Gasteiger partial charge in [0.1, 0.15) is 18.6 Å². The number of hydrogen-bond donors (Lipinski definition) is 4. The summed E-state index contributed by atoms with van der Waals surface area (Å²) in [5, 5.41) is 15.4. The molecule has 1 aliphatic rings. The lowest BCUT2D eigenvalue weighted by molar-refractivity contribution is -0.121. The second-order valence-corrected chi connectivity index (χ2v) is 8.44. The summed E-state index contributed by atoms with van der Waals surface area (Å²) in [6.45, 7) is -1.17. The smallest absolute Gasteiger partial charge is 0.350 e. The van der Waals surface area contributed by atoms with Crippen molar-refractivity contribution >= 4 is 23.1 Å². The number of nitrogens with zero attached hydrogens (tertiary/aromatic N) is 5. The molecule has 0 fully saturated rings. The topological polar surface area (TPSA) is 177 Å². The first kappa shape index (κ1) is 25.4. The lowest BCUT2D eigenvalue weighted by atomic mass is 10.0. The van der Waals surface area contributed by atoms with Gasteiger partial charge in [-0.05, 0) is 48.0 Å². The van der Waals surface area contributed by atoms with Crippen LogP contribution in [-0.2, 0) is 4.79 Å². The molecule has 0 saturated carbocycles. The molecule has 14 heteroatoms. The third kappa shape index (κ3) is 4.99. The molecule has 2 aromatic carbocycles. The first-order chi connectivity index (χ1) is 18.9. The number of aromatic nitrogens is 5. The fraction of sp³-hybridized carbons (Fsp3) is 0.200. The number of fused-ring (bicyclic) bond motifs is 1. The molecule has 0 radical (unpaired) electrons. The Morgan fingerprint density at radius 2 is 2.00 bits per heavy atom. The summed E-state index contributed by atoms with van der Waals surface area (Å²) in [5.74, 6) is 0.404. The standard InChI is InChI=1S/C25H24FN9O4/c1-38-18-12-15(11-17-21(18)39-13-19(36)34(17)10-7-26)20(31-16-5-3-14(4-6-16)22(27)28)23-32-25(37)35(33-23)24-29-8-2-9-30-24/h2-6,8-9,11-12,20,31H,7,10,13H2,1H3,(H3,27,28)(H,32,33,37)/t20-/m0/s1. The number of anilines is 2. The van der Waals surface area contributed by atoms with Crippen LogP contribution in [0.3, 0.4) is 0 Å². The maximum Gasteiger partial charge on any atom is 0.350 e. The number of nitrogens with two attached hydrogens (primary N) is 1. The molecule has 0 unspecified atom stereocenters. The lowest BCUT2D eigenvalue weighted by Crippen LogP contribution is -2.40. The quantitative estimate of drug-likeness (QED) is 0.184. The number of amidine groups is 1. The summed E-state index contributed by atoms with van der Waals surface area (Å²) in [5.41, 5.74) is 7.00.